The van der Waals surface area contributed by atoms with Gasteiger partial charge in [-0.25, -0.2) is 0 Å². The average Bonchev–Trinajstić information content (AvgIpc) is 2.98. The summed E-state index contributed by atoms with van der Waals surface area (Å²) in [6, 6.07) is 6.33. The molecule has 0 fully saturated rings. The molecule has 2 rings (SSSR count). The van der Waals surface area contributed by atoms with Crippen LogP contribution in [0.15, 0.2) is 28.8 Å². The number of amides is 3. The molecule has 3 amide bonds. The molecule has 8 heteroatoms. The van der Waals surface area contributed by atoms with Crippen molar-refractivity contribution in [1.82, 2.24) is 10.1 Å². The fraction of sp³-hybridized carbons (Fsp3) is 0.400. The van der Waals surface area contributed by atoms with Crippen LogP contribution in [0.25, 0.3) is 0 Å². The predicted octanol–water partition coefficient (Wildman–Crippen LogP) is 2.20. The second-order valence-corrected chi connectivity index (χ2v) is 6.52. The molecule has 2 aromatic rings. The highest BCUT2D eigenvalue weighted by Gasteiger charge is 2.16. The number of nitrogens with zero attached hydrogens (tertiary/aromatic N) is 2. The summed E-state index contributed by atoms with van der Waals surface area (Å²) >= 11 is 0. The maximum Gasteiger partial charge on any atom is 0.248 e. The second-order valence-electron chi connectivity index (χ2n) is 6.52. The van der Waals surface area contributed by atoms with E-state index >= 15 is 0 Å². The zero-order chi connectivity index (χ0) is 20.7. The summed E-state index contributed by atoms with van der Waals surface area (Å²) in [4.78, 5) is 37.3. The van der Waals surface area contributed by atoms with Gasteiger partial charge >= 0.3 is 0 Å². The standard InChI is InChI=1S/C20H26N4O4/c1-4-24(19(26)10-9-17-13(2)23-28-14(17)3)12-11-18(25)22-16-7-5-15(6-8-16)20(21)27/h5-8H,4,9-12H2,1-3H3,(H2,21,27)(H,22,25). The van der Waals surface area contributed by atoms with Gasteiger partial charge in [-0.3, -0.25) is 14.4 Å². The number of hydrogen-bond donors (Lipinski definition) is 2. The van der Waals surface area contributed by atoms with Crippen LogP contribution in [-0.4, -0.2) is 40.9 Å². The van der Waals surface area contributed by atoms with Crippen molar-refractivity contribution in [2.24, 2.45) is 5.73 Å². The zero-order valence-corrected chi connectivity index (χ0v) is 16.4. The molecule has 0 atom stereocenters. The maximum atomic E-state index is 12.5. The van der Waals surface area contributed by atoms with Crippen molar-refractivity contribution in [3.05, 3.63) is 46.8 Å². The van der Waals surface area contributed by atoms with Crippen molar-refractivity contribution in [2.75, 3.05) is 18.4 Å². The van der Waals surface area contributed by atoms with E-state index in [1.165, 1.54) is 0 Å². The van der Waals surface area contributed by atoms with Crippen molar-refractivity contribution in [3.63, 3.8) is 0 Å². The van der Waals surface area contributed by atoms with Crippen molar-refractivity contribution >= 4 is 23.4 Å². The van der Waals surface area contributed by atoms with E-state index in [-0.39, 0.29) is 18.2 Å². The molecule has 1 aromatic heterocycles. The average molecular weight is 386 g/mol. The highest BCUT2D eigenvalue weighted by molar-refractivity contribution is 5.94. The van der Waals surface area contributed by atoms with E-state index in [2.05, 4.69) is 10.5 Å². The van der Waals surface area contributed by atoms with Gasteiger partial charge in [0, 0.05) is 42.7 Å². The van der Waals surface area contributed by atoms with Crippen LogP contribution >= 0.6 is 0 Å². The highest BCUT2D eigenvalue weighted by Crippen LogP contribution is 2.15. The fourth-order valence-corrected chi connectivity index (χ4v) is 2.89. The lowest BCUT2D eigenvalue weighted by Crippen LogP contribution is -2.33. The number of hydrogen-bond acceptors (Lipinski definition) is 5. The molecule has 0 bridgehead atoms. The fourth-order valence-electron chi connectivity index (χ4n) is 2.89. The van der Waals surface area contributed by atoms with E-state index < -0.39 is 5.91 Å². The first-order valence-corrected chi connectivity index (χ1v) is 9.21. The van der Waals surface area contributed by atoms with Gasteiger partial charge in [-0.15, -0.1) is 0 Å². The summed E-state index contributed by atoms with van der Waals surface area (Å²) in [5.74, 6) is -0.00782. The smallest absolute Gasteiger partial charge is 0.248 e. The lowest BCUT2D eigenvalue weighted by molar-refractivity contribution is -0.131. The Morgan fingerprint density at radius 2 is 1.82 bits per heavy atom. The molecular weight excluding hydrogens is 360 g/mol. The number of primary amides is 1. The summed E-state index contributed by atoms with van der Waals surface area (Å²) in [5.41, 5.74) is 7.90. The monoisotopic (exact) mass is 386 g/mol. The van der Waals surface area contributed by atoms with Gasteiger partial charge in [0.05, 0.1) is 5.69 Å². The van der Waals surface area contributed by atoms with Crippen LogP contribution in [0, 0.1) is 13.8 Å². The normalized spacial score (nSPS) is 10.5. The largest absolute Gasteiger partial charge is 0.366 e. The molecule has 28 heavy (non-hydrogen) atoms. The van der Waals surface area contributed by atoms with Crippen LogP contribution in [0.4, 0.5) is 5.69 Å². The number of carbonyl (C=O) groups excluding carboxylic acids is 3. The predicted molar refractivity (Wildman–Crippen MR) is 105 cm³/mol. The Bertz CT molecular complexity index is 823. The summed E-state index contributed by atoms with van der Waals surface area (Å²) in [7, 11) is 0. The number of benzene rings is 1. The van der Waals surface area contributed by atoms with Gasteiger partial charge in [0.15, 0.2) is 0 Å². The highest BCUT2D eigenvalue weighted by atomic mass is 16.5. The Hall–Kier alpha value is -3.16. The van der Waals surface area contributed by atoms with Crippen molar-refractivity contribution in [3.8, 4) is 0 Å². The minimum absolute atomic E-state index is 0.0129. The minimum atomic E-state index is -0.522. The molecule has 0 unspecified atom stereocenters. The van der Waals surface area contributed by atoms with Crippen LogP contribution in [0.1, 0.15) is 47.1 Å². The molecule has 0 aliphatic carbocycles. The second kappa shape index (κ2) is 9.68. The Balaban J connectivity index is 1.82. The first-order valence-electron chi connectivity index (χ1n) is 9.21. The van der Waals surface area contributed by atoms with E-state index in [0.717, 1.165) is 17.0 Å². The number of rotatable bonds is 9. The Morgan fingerprint density at radius 1 is 1.14 bits per heavy atom. The van der Waals surface area contributed by atoms with E-state index in [1.54, 1.807) is 29.2 Å². The quantitative estimate of drug-likeness (QED) is 0.685. The van der Waals surface area contributed by atoms with Gasteiger partial charge < -0.3 is 20.5 Å². The molecule has 0 saturated carbocycles. The maximum absolute atomic E-state index is 12.5. The van der Waals surface area contributed by atoms with E-state index in [1.807, 2.05) is 20.8 Å². The summed E-state index contributed by atoms with van der Waals surface area (Å²) < 4.78 is 5.12. The van der Waals surface area contributed by atoms with Gasteiger partial charge in [-0.1, -0.05) is 5.16 Å². The summed E-state index contributed by atoms with van der Waals surface area (Å²) in [5, 5.41) is 6.64. The third kappa shape index (κ3) is 5.67. The molecule has 8 nitrogen and oxygen atoms in total. The number of nitrogens with two attached hydrogens (primary N) is 1. The number of carbonyl (C=O) groups is 3. The molecule has 1 aromatic carbocycles. The van der Waals surface area contributed by atoms with Crippen LogP contribution in [0.3, 0.4) is 0 Å². The lowest BCUT2D eigenvalue weighted by atomic mass is 10.1. The SMILES string of the molecule is CCN(CCC(=O)Nc1ccc(C(N)=O)cc1)C(=O)CCc1c(C)noc1C. The third-order valence-electron chi connectivity index (χ3n) is 4.57. The van der Waals surface area contributed by atoms with Crippen molar-refractivity contribution in [1.29, 1.82) is 0 Å². The van der Waals surface area contributed by atoms with Crippen LogP contribution in [-0.2, 0) is 16.0 Å². The topological polar surface area (TPSA) is 119 Å². The Labute approximate surface area is 164 Å². The molecule has 0 saturated heterocycles. The number of aryl methyl sites for hydroxylation is 2. The van der Waals surface area contributed by atoms with Gasteiger partial charge in [-0.05, 0) is 51.5 Å². The Morgan fingerprint density at radius 3 is 2.36 bits per heavy atom. The first kappa shape index (κ1) is 21.1. The van der Waals surface area contributed by atoms with E-state index in [0.29, 0.717) is 37.2 Å². The van der Waals surface area contributed by atoms with Gasteiger partial charge in [0.1, 0.15) is 5.76 Å². The number of nitrogens with one attached hydrogen (secondary N) is 1. The molecule has 3 N–H and O–H groups in total. The van der Waals surface area contributed by atoms with E-state index in [4.69, 9.17) is 10.3 Å². The lowest BCUT2D eigenvalue weighted by Gasteiger charge is -2.20. The first-order chi connectivity index (χ1) is 13.3. The van der Waals surface area contributed by atoms with Crippen LogP contribution in [0.5, 0.6) is 0 Å². The molecule has 0 radical (unpaired) electrons. The zero-order valence-electron chi connectivity index (χ0n) is 16.4. The summed E-state index contributed by atoms with van der Waals surface area (Å²) in [6.45, 7) is 6.43. The van der Waals surface area contributed by atoms with Gasteiger partial charge in [0.25, 0.3) is 0 Å². The number of anilines is 1. The third-order valence-corrected chi connectivity index (χ3v) is 4.57. The van der Waals surface area contributed by atoms with Gasteiger partial charge in [0.2, 0.25) is 17.7 Å². The molecule has 1 heterocycles. The van der Waals surface area contributed by atoms with Crippen molar-refractivity contribution < 1.29 is 18.9 Å². The molecule has 150 valence electrons. The summed E-state index contributed by atoms with van der Waals surface area (Å²) in [6.07, 6.45) is 1.09. The molecular formula is C20H26N4O4. The number of aromatic nitrogens is 1. The molecule has 0 aliphatic heterocycles. The van der Waals surface area contributed by atoms with Gasteiger partial charge in [-0.2, -0.15) is 0 Å². The minimum Gasteiger partial charge on any atom is -0.366 e. The van der Waals surface area contributed by atoms with Crippen molar-refractivity contribution in [2.45, 2.75) is 40.0 Å². The molecule has 0 spiro atoms. The Kier molecular flexibility index (Phi) is 7.31. The molecule has 0 aliphatic rings. The van der Waals surface area contributed by atoms with E-state index in [9.17, 15) is 14.4 Å². The van der Waals surface area contributed by atoms with Crippen LogP contribution < -0.4 is 11.1 Å². The van der Waals surface area contributed by atoms with Crippen LogP contribution in [0.2, 0.25) is 0 Å².